The van der Waals surface area contributed by atoms with E-state index < -0.39 is 0 Å². The molecule has 3 nitrogen and oxygen atoms in total. The summed E-state index contributed by atoms with van der Waals surface area (Å²) < 4.78 is 7.61. The summed E-state index contributed by atoms with van der Waals surface area (Å²) in [6, 6.07) is 64.7. The zero-order chi connectivity index (χ0) is 33.9. The number of nitrogens with zero attached hydrogens (tertiary/aromatic N) is 3. The maximum atomic E-state index is 2.51. The molecule has 0 spiro atoms. The highest BCUT2D eigenvalue weighted by Crippen LogP contribution is 2.45. The van der Waals surface area contributed by atoms with Crippen molar-refractivity contribution in [2.45, 2.75) is 0 Å². The molecule has 8 aromatic carbocycles. The van der Waals surface area contributed by atoms with E-state index >= 15 is 0 Å². The van der Waals surface area contributed by atoms with Gasteiger partial charge in [0, 0.05) is 58.8 Å². The highest BCUT2D eigenvalue weighted by Gasteiger charge is 2.23. The van der Waals surface area contributed by atoms with Crippen LogP contribution < -0.4 is 4.90 Å². The Labute approximate surface area is 302 Å². The second-order valence-electron chi connectivity index (χ2n) is 13.8. The van der Waals surface area contributed by atoms with Crippen LogP contribution in [0.4, 0.5) is 17.1 Å². The zero-order valence-electron chi connectivity index (χ0n) is 28.0. The zero-order valence-corrected chi connectivity index (χ0v) is 28.8. The Bertz CT molecular complexity index is 3360. The van der Waals surface area contributed by atoms with E-state index in [2.05, 4.69) is 190 Å². The number of hydrogen-bond donors (Lipinski definition) is 0. The molecule has 0 radical (unpaired) electrons. The van der Waals surface area contributed by atoms with Gasteiger partial charge < -0.3 is 13.7 Å². The van der Waals surface area contributed by atoms with Gasteiger partial charge in [-0.25, -0.2) is 0 Å². The van der Waals surface area contributed by atoms with Crippen LogP contribution in [0.5, 0.6) is 0 Å². The summed E-state index contributed by atoms with van der Waals surface area (Å²) in [5, 5.41) is 7.74. The van der Waals surface area contributed by atoms with Crippen LogP contribution >= 0.6 is 11.3 Å². The maximum absolute atomic E-state index is 2.51. The summed E-state index contributed by atoms with van der Waals surface area (Å²) >= 11 is 1.86. The molecular formula is C48H29N3S. The molecule has 0 amide bonds. The van der Waals surface area contributed by atoms with E-state index in [-0.39, 0.29) is 0 Å². The van der Waals surface area contributed by atoms with Gasteiger partial charge in [-0.05, 0) is 71.8 Å². The van der Waals surface area contributed by atoms with Crippen molar-refractivity contribution >= 4 is 103 Å². The molecule has 52 heavy (non-hydrogen) atoms. The summed E-state index contributed by atoms with van der Waals surface area (Å²) in [7, 11) is 0. The molecule has 12 rings (SSSR count). The lowest BCUT2D eigenvalue weighted by molar-refractivity contribution is 1.24. The maximum Gasteiger partial charge on any atom is 0.0789 e. The number of benzene rings is 8. The molecule has 0 fully saturated rings. The van der Waals surface area contributed by atoms with Crippen LogP contribution in [-0.4, -0.2) is 8.80 Å². The van der Waals surface area contributed by atoms with Crippen LogP contribution in [0.2, 0.25) is 0 Å². The molecule has 0 saturated carbocycles. The van der Waals surface area contributed by atoms with E-state index in [4.69, 9.17) is 0 Å². The van der Waals surface area contributed by atoms with Crippen LogP contribution in [0.15, 0.2) is 176 Å². The predicted octanol–water partition coefficient (Wildman–Crippen LogP) is 13.7. The summed E-state index contributed by atoms with van der Waals surface area (Å²) in [6.45, 7) is 0. The lowest BCUT2D eigenvalue weighted by atomic mass is 10.0. The van der Waals surface area contributed by atoms with E-state index in [1.165, 1.54) is 85.9 Å². The highest BCUT2D eigenvalue weighted by atomic mass is 32.1. The highest BCUT2D eigenvalue weighted by molar-refractivity contribution is 7.25. The molecule has 0 aliphatic heterocycles. The molecule has 12 aromatic rings. The quantitative estimate of drug-likeness (QED) is 0.169. The Morgan fingerprint density at radius 3 is 1.65 bits per heavy atom. The standard InChI is InChI=1S/C48H29N3S/c1-2-11-30(12-3-1)31-13-10-14-32(27-31)49(34-21-23-38-37-17-6-9-20-45(37)52-46(38)29-34)33-22-26-43-44(28-33)51-42-19-8-5-16-36(42)40-25-24-39-35-15-4-7-18-41(35)50(43)47(39)48(40)51/h1-29H. The SMILES string of the molecule is c1ccc(-c2cccc(N(c3ccc4c(c3)sc3ccccc34)c3ccc4c(c3)n3c5ccccc5c5ccc6c7ccccc7n4c6c53)c2)cc1. The summed E-state index contributed by atoms with van der Waals surface area (Å²) in [6.07, 6.45) is 0. The molecule has 4 aromatic heterocycles. The monoisotopic (exact) mass is 679 g/mol. The van der Waals surface area contributed by atoms with Crippen LogP contribution in [0.3, 0.4) is 0 Å². The second-order valence-corrected chi connectivity index (χ2v) is 14.9. The van der Waals surface area contributed by atoms with Crippen molar-refractivity contribution in [1.29, 1.82) is 0 Å². The molecular weight excluding hydrogens is 651 g/mol. The summed E-state index contributed by atoms with van der Waals surface area (Å²) in [4.78, 5) is 2.43. The van der Waals surface area contributed by atoms with Crippen molar-refractivity contribution in [3.8, 4) is 11.1 Å². The number of para-hydroxylation sites is 2. The summed E-state index contributed by atoms with van der Waals surface area (Å²) in [5.74, 6) is 0. The molecule has 0 unspecified atom stereocenters. The van der Waals surface area contributed by atoms with Crippen molar-refractivity contribution in [1.82, 2.24) is 8.80 Å². The molecule has 4 heterocycles. The Hall–Kier alpha value is -6.62. The molecule has 0 saturated heterocycles. The van der Waals surface area contributed by atoms with Gasteiger partial charge in [-0.1, -0.05) is 115 Å². The van der Waals surface area contributed by atoms with Crippen molar-refractivity contribution in [3.05, 3.63) is 176 Å². The Balaban J connectivity index is 1.19. The Kier molecular flexibility index (Phi) is 5.65. The minimum Gasteiger partial charge on any atom is -0.310 e. The van der Waals surface area contributed by atoms with E-state index in [9.17, 15) is 0 Å². The third-order valence-electron chi connectivity index (χ3n) is 11.0. The first kappa shape index (κ1) is 28.1. The number of rotatable bonds is 4. The van der Waals surface area contributed by atoms with E-state index in [0.717, 1.165) is 17.1 Å². The molecule has 0 atom stereocenters. The first-order chi connectivity index (χ1) is 25.8. The third-order valence-corrected chi connectivity index (χ3v) is 12.1. The minimum absolute atomic E-state index is 1.11. The fourth-order valence-electron chi connectivity index (χ4n) is 8.78. The van der Waals surface area contributed by atoms with Crippen LogP contribution in [0, 0.1) is 0 Å². The third kappa shape index (κ3) is 3.79. The van der Waals surface area contributed by atoms with Gasteiger partial charge in [0.25, 0.3) is 0 Å². The lowest BCUT2D eigenvalue weighted by Crippen LogP contribution is -2.10. The minimum atomic E-state index is 1.11. The average Bonchev–Trinajstić information content (AvgIpc) is 3.86. The molecule has 0 aliphatic carbocycles. The summed E-state index contributed by atoms with van der Waals surface area (Å²) in [5.41, 5.74) is 13.1. The number of anilines is 3. The molecule has 242 valence electrons. The van der Waals surface area contributed by atoms with Gasteiger partial charge in [0.1, 0.15) is 0 Å². The lowest BCUT2D eigenvalue weighted by Gasteiger charge is -2.27. The molecule has 4 heteroatoms. The van der Waals surface area contributed by atoms with Crippen LogP contribution in [-0.2, 0) is 0 Å². The second kappa shape index (κ2) is 10.5. The van der Waals surface area contributed by atoms with E-state index in [1.54, 1.807) is 0 Å². The first-order valence-corrected chi connectivity index (χ1v) is 18.6. The van der Waals surface area contributed by atoms with Crippen molar-refractivity contribution in [3.63, 3.8) is 0 Å². The number of thiophene rings is 1. The van der Waals surface area contributed by atoms with Crippen molar-refractivity contribution in [2.75, 3.05) is 4.90 Å². The first-order valence-electron chi connectivity index (χ1n) is 17.8. The number of fused-ring (bicyclic) bond motifs is 12. The normalized spacial score (nSPS) is 12.2. The van der Waals surface area contributed by atoms with Crippen LogP contribution in [0.25, 0.3) is 85.9 Å². The predicted molar refractivity (Wildman–Crippen MR) is 223 cm³/mol. The van der Waals surface area contributed by atoms with Gasteiger partial charge in [0.2, 0.25) is 0 Å². The number of hydrogen-bond acceptors (Lipinski definition) is 2. The van der Waals surface area contributed by atoms with E-state index in [0.29, 0.717) is 0 Å². The van der Waals surface area contributed by atoms with Crippen molar-refractivity contribution in [2.24, 2.45) is 0 Å². The Morgan fingerprint density at radius 2 is 0.885 bits per heavy atom. The molecule has 0 bridgehead atoms. The van der Waals surface area contributed by atoms with Crippen molar-refractivity contribution < 1.29 is 0 Å². The van der Waals surface area contributed by atoms with Gasteiger partial charge in [-0.15, -0.1) is 11.3 Å². The van der Waals surface area contributed by atoms with Gasteiger partial charge >= 0.3 is 0 Å². The fraction of sp³-hybridized carbons (Fsp3) is 0. The van der Waals surface area contributed by atoms with Gasteiger partial charge in [0.15, 0.2) is 0 Å². The van der Waals surface area contributed by atoms with Gasteiger partial charge in [0.05, 0.1) is 33.1 Å². The van der Waals surface area contributed by atoms with Crippen LogP contribution in [0.1, 0.15) is 0 Å². The smallest absolute Gasteiger partial charge is 0.0789 e. The van der Waals surface area contributed by atoms with Gasteiger partial charge in [-0.3, -0.25) is 0 Å². The molecule has 0 N–H and O–H groups in total. The number of aromatic nitrogens is 2. The Morgan fingerprint density at radius 1 is 0.327 bits per heavy atom. The molecule has 0 aliphatic rings. The fourth-order valence-corrected chi connectivity index (χ4v) is 9.92. The van der Waals surface area contributed by atoms with Gasteiger partial charge in [-0.2, -0.15) is 0 Å². The largest absolute Gasteiger partial charge is 0.310 e. The van der Waals surface area contributed by atoms with E-state index in [1.807, 2.05) is 11.3 Å². The topological polar surface area (TPSA) is 12.1 Å². The average molecular weight is 680 g/mol.